The number of nitrogens with one attached hydrogen (secondary N) is 2. The lowest BCUT2D eigenvalue weighted by molar-refractivity contribution is -0.148. The highest BCUT2D eigenvalue weighted by atomic mass is 16.4. The molecule has 0 amide bonds. The smallest absolute Gasteiger partial charge is 0.322 e. The van der Waals surface area contributed by atoms with E-state index in [-0.39, 0.29) is 13.1 Å². The Morgan fingerprint density at radius 3 is 1.50 bits per heavy atom. The monoisotopic (exact) mass is 228 g/mol. The average Bonchev–Trinajstić information content (AvgIpc) is 2.21. The topological polar surface area (TPSA) is 98.7 Å². The fourth-order valence-corrected chi connectivity index (χ4v) is 1.12. The molecule has 0 rings (SSSR count). The summed E-state index contributed by atoms with van der Waals surface area (Å²) in [5, 5.41) is 22.9. The van der Waals surface area contributed by atoms with Gasteiger partial charge in [0.05, 0.1) is 0 Å². The number of carboxylic acid groups (broad SMARTS) is 2. The molecular weight excluding hydrogens is 212 g/mol. The van der Waals surface area contributed by atoms with E-state index in [4.69, 9.17) is 10.2 Å². The molecule has 2 atom stereocenters. The second-order valence-electron chi connectivity index (χ2n) is 3.03. The molecule has 90 valence electrons. The average molecular weight is 228 g/mol. The van der Waals surface area contributed by atoms with Gasteiger partial charge in [-0.25, -0.2) is 0 Å². The van der Waals surface area contributed by atoms with E-state index in [1.807, 2.05) is 0 Å². The molecule has 6 heteroatoms. The lowest BCUT2D eigenvalue weighted by atomic mass is 10.1. The largest absolute Gasteiger partial charge is 0.480 e. The Labute approximate surface area is 93.7 Å². The molecule has 0 aromatic rings. The summed E-state index contributed by atoms with van der Waals surface area (Å²) in [6.45, 7) is 7.28. The van der Waals surface area contributed by atoms with Crippen LogP contribution in [-0.4, -0.2) is 47.3 Å². The lowest BCUT2D eigenvalue weighted by Crippen LogP contribution is -2.56. The third kappa shape index (κ3) is 4.72. The Bertz CT molecular complexity index is 250. The van der Waals surface area contributed by atoms with Crippen molar-refractivity contribution in [2.45, 2.75) is 12.1 Å². The highest BCUT2D eigenvalue weighted by molar-refractivity contribution is 5.85. The van der Waals surface area contributed by atoms with Crippen LogP contribution in [0, 0.1) is 0 Å². The van der Waals surface area contributed by atoms with Crippen molar-refractivity contribution in [3.63, 3.8) is 0 Å². The van der Waals surface area contributed by atoms with Crippen molar-refractivity contribution in [3.8, 4) is 0 Å². The van der Waals surface area contributed by atoms with E-state index in [1.54, 1.807) is 0 Å². The first-order valence-electron chi connectivity index (χ1n) is 4.68. The van der Waals surface area contributed by atoms with Crippen molar-refractivity contribution in [1.82, 2.24) is 10.6 Å². The van der Waals surface area contributed by atoms with Crippen LogP contribution in [0.2, 0.25) is 0 Å². The minimum Gasteiger partial charge on any atom is -0.480 e. The van der Waals surface area contributed by atoms with E-state index >= 15 is 0 Å². The number of rotatable bonds is 9. The summed E-state index contributed by atoms with van der Waals surface area (Å²) in [4.78, 5) is 21.8. The number of carbonyl (C=O) groups is 2. The van der Waals surface area contributed by atoms with Crippen LogP contribution in [0.4, 0.5) is 0 Å². The van der Waals surface area contributed by atoms with E-state index in [9.17, 15) is 9.59 Å². The van der Waals surface area contributed by atoms with E-state index in [1.165, 1.54) is 12.2 Å². The van der Waals surface area contributed by atoms with Gasteiger partial charge >= 0.3 is 11.9 Å². The molecular formula is C10H16N2O4. The Morgan fingerprint density at radius 1 is 1.00 bits per heavy atom. The Kier molecular flexibility index (Phi) is 6.82. The summed E-state index contributed by atoms with van der Waals surface area (Å²) in [5.74, 6) is -2.46. The first kappa shape index (κ1) is 14.3. The van der Waals surface area contributed by atoms with Gasteiger partial charge in [0.2, 0.25) is 0 Å². The van der Waals surface area contributed by atoms with Gasteiger partial charge < -0.3 is 10.2 Å². The summed E-state index contributed by atoms with van der Waals surface area (Å²) in [6, 6.07) is -2.43. The highest BCUT2D eigenvalue weighted by Gasteiger charge is 2.32. The predicted molar refractivity (Wildman–Crippen MR) is 59.2 cm³/mol. The van der Waals surface area contributed by atoms with Crippen LogP contribution in [-0.2, 0) is 9.59 Å². The normalized spacial score (nSPS) is 13.8. The highest BCUT2D eigenvalue weighted by Crippen LogP contribution is 1.96. The van der Waals surface area contributed by atoms with Crippen molar-refractivity contribution in [1.29, 1.82) is 0 Å². The van der Waals surface area contributed by atoms with Crippen molar-refractivity contribution in [3.05, 3.63) is 25.3 Å². The van der Waals surface area contributed by atoms with Gasteiger partial charge in [0.15, 0.2) is 0 Å². The molecule has 0 aliphatic rings. The molecule has 0 heterocycles. The van der Waals surface area contributed by atoms with Crippen molar-refractivity contribution in [2.75, 3.05) is 13.1 Å². The molecule has 0 aliphatic carbocycles. The van der Waals surface area contributed by atoms with Gasteiger partial charge in [0.25, 0.3) is 0 Å². The number of carboxylic acids is 2. The van der Waals surface area contributed by atoms with Crippen LogP contribution in [0.5, 0.6) is 0 Å². The minimum atomic E-state index is -1.23. The zero-order valence-electron chi connectivity index (χ0n) is 8.85. The molecule has 16 heavy (non-hydrogen) atoms. The maximum atomic E-state index is 10.9. The van der Waals surface area contributed by atoms with Crippen LogP contribution in [0.1, 0.15) is 0 Å². The van der Waals surface area contributed by atoms with Gasteiger partial charge in [-0.05, 0) is 0 Å². The molecule has 0 fully saturated rings. The molecule has 0 aromatic carbocycles. The van der Waals surface area contributed by atoms with Crippen LogP contribution in [0.25, 0.3) is 0 Å². The Morgan fingerprint density at radius 2 is 1.31 bits per heavy atom. The number of hydrogen-bond acceptors (Lipinski definition) is 4. The molecule has 0 aliphatic heterocycles. The van der Waals surface area contributed by atoms with E-state index in [0.29, 0.717) is 0 Å². The van der Waals surface area contributed by atoms with Gasteiger partial charge in [0, 0.05) is 13.1 Å². The van der Waals surface area contributed by atoms with Gasteiger partial charge in [-0.15, -0.1) is 13.2 Å². The summed E-state index contributed by atoms with van der Waals surface area (Å²) < 4.78 is 0. The molecule has 0 saturated carbocycles. The van der Waals surface area contributed by atoms with Crippen LogP contribution in [0.15, 0.2) is 25.3 Å². The Balaban J connectivity index is 4.64. The second kappa shape index (κ2) is 7.61. The molecule has 0 spiro atoms. The molecule has 0 bridgehead atoms. The maximum absolute atomic E-state index is 10.9. The van der Waals surface area contributed by atoms with Gasteiger partial charge in [0.1, 0.15) is 12.1 Å². The third-order valence-electron chi connectivity index (χ3n) is 1.83. The lowest BCUT2D eigenvalue weighted by Gasteiger charge is -2.21. The standard InChI is InChI=1S/C10H16N2O4/c1-3-5-11-7(9(13)14)8(10(15)16)12-6-4-2/h3-4,7-8,11-12H,1-2,5-6H2,(H,13,14)(H,15,16). The fraction of sp³-hybridized carbons (Fsp3) is 0.400. The summed E-state index contributed by atoms with van der Waals surface area (Å²) in [5.41, 5.74) is 0. The quantitative estimate of drug-likeness (QED) is 0.395. The third-order valence-corrected chi connectivity index (χ3v) is 1.83. The molecule has 0 saturated heterocycles. The van der Waals surface area contributed by atoms with Crippen molar-refractivity contribution < 1.29 is 19.8 Å². The minimum absolute atomic E-state index is 0.219. The molecule has 4 N–H and O–H groups in total. The van der Waals surface area contributed by atoms with Crippen molar-refractivity contribution in [2.24, 2.45) is 0 Å². The number of aliphatic carboxylic acids is 2. The summed E-state index contributed by atoms with van der Waals surface area (Å²) >= 11 is 0. The zero-order valence-corrected chi connectivity index (χ0v) is 8.85. The van der Waals surface area contributed by atoms with E-state index < -0.39 is 24.0 Å². The predicted octanol–water partition coefficient (Wildman–Crippen LogP) is -0.556. The molecule has 0 aromatic heterocycles. The zero-order chi connectivity index (χ0) is 12.6. The summed E-state index contributed by atoms with van der Waals surface area (Å²) in [7, 11) is 0. The second-order valence-corrected chi connectivity index (χ2v) is 3.03. The van der Waals surface area contributed by atoms with Crippen LogP contribution in [0.3, 0.4) is 0 Å². The van der Waals surface area contributed by atoms with Crippen LogP contribution < -0.4 is 10.6 Å². The SMILES string of the molecule is C=CCNC(C(=O)O)C(NCC=C)C(=O)O. The fourth-order valence-electron chi connectivity index (χ4n) is 1.12. The molecule has 2 unspecified atom stereocenters. The van der Waals surface area contributed by atoms with Gasteiger partial charge in [-0.2, -0.15) is 0 Å². The van der Waals surface area contributed by atoms with Crippen molar-refractivity contribution >= 4 is 11.9 Å². The van der Waals surface area contributed by atoms with Gasteiger partial charge in [-0.1, -0.05) is 12.2 Å². The summed E-state index contributed by atoms with van der Waals surface area (Å²) in [6.07, 6.45) is 2.92. The maximum Gasteiger partial charge on any atom is 0.322 e. The first-order valence-corrected chi connectivity index (χ1v) is 4.68. The van der Waals surface area contributed by atoms with Crippen LogP contribution >= 0.6 is 0 Å². The van der Waals surface area contributed by atoms with E-state index in [2.05, 4.69) is 23.8 Å². The first-order chi connectivity index (χ1) is 7.54. The Hall–Kier alpha value is -1.66. The van der Waals surface area contributed by atoms with E-state index in [0.717, 1.165) is 0 Å². The number of hydrogen-bond donors (Lipinski definition) is 4. The van der Waals surface area contributed by atoms with Gasteiger partial charge in [-0.3, -0.25) is 20.2 Å². The molecule has 0 radical (unpaired) electrons. The molecule has 6 nitrogen and oxygen atoms in total.